The van der Waals surface area contributed by atoms with Gasteiger partial charge in [-0.25, -0.2) is 4.57 Å². The highest BCUT2D eigenvalue weighted by molar-refractivity contribution is 6.14. The Kier molecular flexibility index (Phi) is 2.50. The first kappa shape index (κ1) is 11.6. The molecule has 2 heterocycles. The van der Waals surface area contributed by atoms with Crippen LogP contribution >= 0.6 is 0 Å². The Balaban J connectivity index is 1.83. The number of aromatic nitrogens is 1. The summed E-state index contributed by atoms with van der Waals surface area (Å²) in [6.45, 7) is -10.0. The van der Waals surface area contributed by atoms with E-state index in [9.17, 15) is 2.74 Å². The molecule has 2 nitrogen and oxygen atoms in total. The van der Waals surface area contributed by atoms with E-state index in [0.29, 0.717) is 27.6 Å². The molecule has 176 valence electrons. The van der Waals surface area contributed by atoms with Gasteiger partial charge in [0.25, 0.3) is 0 Å². The van der Waals surface area contributed by atoms with Crippen molar-refractivity contribution in [2.24, 2.45) is 18.8 Å². The number of fused-ring (bicyclic) bond motifs is 7. The third kappa shape index (κ3) is 2.80. The molecule has 0 saturated heterocycles. The molecular formula is C33H34NO+. The number of aryl methyl sites for hydroxylation is 3. The molecule has 0 bridgehead atoms. The highest BCUT2D eigenvalue weighted by Crippen LogP contribution is 2.58. The second-order valence-corrected chi connectivity index (χ2v) is 9.31. The molecule has 0 amide bonds. The topological polar surface area (TPSA) is 17.0 Å². The molecule has 2 heteroatoms. The van der Waals surface area contributed by atoms with Crippen molar-refractivity contribution in [1.82, 2.24) is 0 Å². The first-order valence-electron chi connectivity index (χ1n) is 18.4. The predicted octanol–water partition coefficient (Wildman–Crippen LogP) is 8.27. The summed E-state index contributed by atoms with van der Waals surface area (Å²) in [4.78, 5) is 0. The Morgan fingerprint density at radius 3 is 2.40 bits per heavy atom. The Morgan fingerprint density at radius 1 is 0.886 bits per heavy atom. The fourth-order valence-corrected chi connectivity index (χ4v) is 5.75. The van der Waals surface area contributed by atoms with Gasteiger partial charge in [-0.3, -0.25) is 0 Å². The minimum absolute atomic E-state index is 0.0815. The van der Waals surface area contributed by atoms with Crippen LogP contribution < -0.4 is 4.57 Å². The lowest BCUT2D eigenvalue weighted by Crippen LogP contribution is -2.37. The molecule has 5 aromatic rings. The molecule has 35 heavy (non-hydrogen) atoms. The van der Waals surface area contributed by atoms with Gasteiger partial charge in [0.1, 0.15) is 18.2 Å². The van der Waals surface area contributed by atoms with Crippen LogP contribution in [0.4, 0.5) is 0 Å². The molecule has 2 aromatic heterocycles. The summed E-state index contributed by atoms with van der Waals surface area (Å²) in [5.74, 6) is -6.39. The maximum Gasteiger partial charge on any atom is 0.216 e. The largest absolute Gasteiger partial charge is 0.454 e. The average Bonchev–Trinajstić information content (AvgIpc) is 3.49. The highest BCUT2D eigenvalue weighted by atomic mass is 16.3. The predicted molar refractivity (Wildman–Crippen MR) is 146 cm³/mol. The monoisotopic (exact) mass is 474 g/mol. The summed E-state index contributed by atoms with van der Waals surface area (Å²) in [5.41, 5.74) is 0.0455. The average molecular weight is 475 g/mol. The van der Waals surface area contributed by atoms with Gasteiger partial charge in [0.05, 0.1) is 5.56 Å². The van der Waals surface area contributed by atoms with E-state index in [4.69, 9.17) is 20.9 Å². The summed E-state index contributed by atoms with van der Waals surface area (Å²) >= 11 is 0. The van der Waals surface area contributed by atoms with Crippen LogP contribution in [0.2, 0.25) is 0 Å². The number of nitrogens with zero attached hydrogens (tertiary/aromatic N) is 1. The number of pyridine rings is 1. The van der Waals surface area contributed by atoms with Crippen LogP contribution in [0.1, 0.15) is 68.9 Å². The van der Waals surface area contributed by atoms with E-state index in [0.717, 1.165) is 12.5 Å². The molecular weight excluding hydrogens is 426 g/mol. The maximum absolute atomic E-state index is 9.58. The zero-order chi connectivity index (χ0) is 36.5. The molecule has 1 aliphatic carbocycles. The van der Waals surface area contributed by atoms with Gasteiger partial charge in [-0.05, 0) is 53.4 Å². The van der Waals surface area contributed by atoms with E-state index >= 15 is 0 Å². The van der Waals surface area contributed by atoms with E-state index in [1.54, 1.807) is 42.1 Å². The van der Waals surface area contributed by atoms with Gasteiger partial charge in [-0.2, -0.15) is 0 Å². The Hall–Kier alpha value is -3.39. The van der Waals surface area contributed by atoms with E-state index in [2.05, 4.69) is 0 Å². The summed E-state index contributed by atoms with van der Waals surface area (Å²) < 4.78 is 128. The van der Waals surface area contributed by atoms with Gasteiger partial charge in [-0.1, -0.05) is 76.0 Å². The molecule has 0 aliphatic heterocycles. The SMILES string of the molecule is [2H]C([2H])([2H])c1cc[n+](C)c(-c2c(C)ccc3c2oc2c4c(ccc23)C(C([2H])(C)C([2H])([2H])[2H])(C([2H])(C([2H])([2H])[2H])C([2H])([2H])[2H])c2ccccc2-4)c1. The quantitative estimate of drug-likeness (QED) is 0.240. The van der Waals surface area contributed by atoms with E-state index in [1.165, 1.54) is 24.3 Å². The zero-order valence-electron chi connectivity index (χ0n) is 33.7. The highest BCUT2D eigenvalue weighted by Gasteiger charge is 2.48. The van der Waals surface area contributed by atoms with Crippen molar-refractivity contribution in [3.63, 3.8) is 0 Å². The summed E-state index contributed by atoms with van der Waals surface area (Å²) in [5, 5.41) is 1.15. The fraction of sp³-hybridized carbons (Fsp3) is 0.303. The number of benzene rings is 3. The lowest BCUT2D eigenvalue weighted by molar-refractivity contribution is -0.660. The molecule has 2 unspecified atom stereocenters. The first-order valence-corrected chi connectivity index (χ1v) is 11.4. The van der Waals surface area contributed by atoms with Gasteiger partial charge < -0.3 is 4.42 Å². The molecule has 0 saturated carbocycles. The normalized spacial score (nSPS) is 26.4. The van der Waals surface area contributed by atoms with Gasteiger partial charge in [0.2, 0.25) is 5.69 Å². The van der Waals surface area contributed by atoms with Gasteiger partial charge in [0, 0.05) is 53.1 Å². The molecule has 2 atom stereocenters. The standard InChI is InChI=1S/C33H34NO/c1-19(2)33(20(3)4)26-11-9-8-10-25(26)30-27(33)15-14-24-23-13-12-22(6)29(31(23)35-32(24)30)28-18-21(5)16-17-34(28)7/h8-20H,1-7H3/q+1/i1D3,2D3,3D3,5D3,19D,20D. The minimum atomic E-state index is -3.60. The van der Waals surface area contributed by atoms with Crippen molar-refractivity contribution in [3.05, 3.63) is 89.1 Å². The lowest BCUT2D eigenvalue weighted by atomic mass is 9.63. The Morgan fingerprint density at radius 2 is 1.63 bits per heavy atom. The molecule has 1 aliphatic rings. The first-order chi connectivity index (χ1) is 22.3. The van der Waals surface area contributed by atoms with Crippen molar-refractivity contribution in [1.29, 1.82) is 0 Å². The molecule has 6 rings (SSSR count). The summed E-state index contributed by atoms with van der Waals surface area (Å²) in [7, 11) is 1.77. The molecule has 0 radical (unpaired) electrons. The van der Waals surface area contributed by atoms with Gasteiger partial charge >= 0.3 is 0 Å². The third-order valence-corrected chi connectivity index (χ3v) is 7.37. The second-order valence-electron chi connectivity index (χ2n) is 9.31. The van der Waals surface area contributed by atoms with Crippen molar-refractivity contribution < 1.29 is 28.2 Å². The van der Waals surface area contributed by atoms with Gasteiger partial charge in [-0.15, -0.1) is 0 Å². The second kappa shape index (κ2) is 7.55. The van der Waals surface area contributed by atoms with Crippen LogP contribution in [-0.2, 0) is 12.5 Å². The molecule has 0 N–H and O–H groups in total. The fourth-order valence-electron chi connectivity index (χ4n) is 5.75. The molecule has 0 fully saturated rings. The number of hydrogen-bond acceptors (Lipinski definition) is 1. The van der Waals surface area contributed by atoms with E-state index in [1.807, 2.05) is 19.1 Å². The minimum Gasteiger partial charge on any atom is -0.454 e. The molecule has 3 aromatic carbocycles. The van der Waals surface area contributed by atoms with Crippen molar-refractivity contribution in [3.8, 4) is 22.4 Å². The van der Waals surface area contributed by atoms with Crippen LogP contribution in [0.15, 0.2) is 71.3 Å². The zero-order valence-corrected chi connectivity index (χ0v) is 19.7. The van der Waals surface area contributed by atoms with Crippen LogP contribution in [0.5, 0.6) is 0 Å². The van der Waals surface area contributed by atoms with Crippen LogP contribution in [0.25, 0.3) is 44.3 Å². The lowest BCUT2D eigenvalue weighted by Gasteiger charge is -2.40. The number of hydrogen-bond donors (Lipinski definition) is 0. The van der Waals surface area contributed by atoms with Crippen molar-refractivity contribution in [2.45, 2.75) is 46.7 Å². The van der Waals surface area contributed by atoms with Crippen LogP contribution in [-0.4, -0.2) is 0 Å². The van der Waals surface area contributed by atoms with Gasteiger partial charge in [0.15, 0.2) is 6.20 Å². The maximum atomic E-state index is 9.58. The number of rotatable bonds is 3. The van der Waals surface area contributed by atoms with Crippen molar-refractivity contribution >= 4 is 21.9 Å². The van der Waals surface area contributed by atoms with E-state index in [-0.39, 0.29) is 33.4 Å². The summed E-state index contributed by atoms with van der Waals surface area (Å²) in [6, 6.07) is 15.9. The Bertz CT molecular complexity index is 2140. The molecule has 0 spiro atoms. The summed E-state index contributed by atoms with van der Waals surface area (Å²) in [6.07, 6.45) is 1.64. The Labute approximate surface area is 227 Å². The van der Waals surface area contributed by atoms with Crippen LogP contribution in [0, 0.1) is 25.6 Å². The van der Waals surface area contributed by atoms with Crippen LogP contribution in [0.3, 0.4) is 0 Å². The smallest absolute Gasteiger partial charge is 0.216 e. The van der Waals surface area contributed by atoms with E-state index < -0.39 is 44.6 Å². The third-order valence-electron chi connectivity index (χ3n) is 7.37. The van der Waals surface area contributed by atoms with Crippen molar-refractivity contribution in [2.75, 3.05) is 0 Å². The number of furan rings is 1.